The molecule has 0 aliphatic carbocycles. The van der Waals surface area contributed by atoms with Crippen molar-refractivity contribution in [3.63, 3.8) is 0 Å². The number of hydrogen-bond donors (Lipinski definition) is 1. The van der Waals surface area contributed by atoms with Gasteiger partial charge in [0.1, 0.15) is 11.8 Å². The lowest BCUT2D eigenvalue weighted by Gasteiger charge is -2.31. The maximum atomic E-state index is 14.0. The lowest BCUT2D eigenvalue weighted by atomic mass is 10.0. The molecule has 2 amide bonds. The van der Waals surface area contributed by atoms with Gasteiger partial charge >= 0.3 is 0 Å². The third kappa shape index (κ3) is 4.26. The number of amides is 2. The van der Waals surface area contributed by atoms with Crippen molar-refractivity contribution in [1.29, 1.82) is 0 Å². The number of anilines is 1. The van der Waals surface area contributed by atoms with Gasteiger partial charge in [0.05, 0.1) is 23.6 Å². The van der Waals surface area contributed by atoms with E-state index in [2.05, 4.69) is 9.88 Å². The van der Waals surface area contributed by atoms with Crippen molar-refractivity contribution in [2.75, 3.05) is 17.8 Å². The highest BCUT2D eigenvalue weighted by Gasteiger charge is 2.40. The van der Waals surface area contributed by atoms with Crippen LogP contribution in [-0.4, -0.2) is 29.2 Å². The number of methoxy groups -OCH3 is 1. The summed E-state index contributed by atoms with van der Waals surface area (Å²) in [6.07, 6.45) is 0. The predicted molar refractivity (Wildman–Crippen MR) is 140 cm³/mol. The van der Waals surface area contributed by atoms with Crippen LogP contribution in [0.1, 0.15) is 17.2 Å². The van der Waals surface area contributed by atoms with Crippen molar-refractivity contribution in [2.45, 2.75) is 17.6 Å². The number of nitrogens with one attached hydrogen (secondary N) is 1. The van der Waals surface area contributed by atoms with Gasteiger partial charge in [-0.3, -0.25) is 14.5 Å². The molecule has 178 valence electrons. The van der Waals surface area contributed by atoms with E-state index in [1.54, 1.807) is 18.2 Å². The first-order chi connectivity index (χ1) is 17.0. The summed E-state index contributed by atoms with van der Waals surface area (Å²) in [6.45, 7) is 0.345. The standard InChI is InChI=1S/C27H24ClN3O3S/c1-30-20-11-7-6-10-19(20)24-25(26(33)29-15-17-8-4-3-5-9-17)31(23(32)16-35-27(24)30)21-14-18(28)12-13-22(21)34-2/h3-14,25H,15-16H2,1-2H3,(H,29,33). The first kappa shape index (κ1) is 23.3. The third-order valence-electron chi connectivity index (χ3n) is 6.18. The number of fused-ring (bicyclic) bond motifs is 3. The highest BCUT2D eigenvalue weighted by molar-refractivity contribution is 8.00. The smallest absolute Gasteiger partial charge is 0.248 e. The number of aromatic nitrogens is 1. The van der Waals surface area contributed by atoms with Crippen molar-refractivity contribution in [3.05, 3.63) is 88.9 Å². The number of carbonyl (C=O) groups excluding carboxylic acids is 2. The number of halogens is 1. The van der Waals surface area contributed by atoms with E-state index >= 15 is 0 Å². The van der Waals surface area contributed by atoms with Crippen LogP contribution < -0.4 is 15.0 Å². The zero-order chi connectivity index (χ0) is 24.5. The van der Waals surface area contributed by atoms with E-state index < -0.39 is 6.04 Å². The molecule has 2 heterocycles. The normalized spacial score (nSPS) is 15.6. The fourth-order valence-corrected chi connectivity index (χ4v) is 5.80. The molecule has 0 saturated carbocycles. The van der Waals surface area contributed by atoms with Crippen LogP contribution in [0.15, 0.2) is 77.8 Å². The lowest BCUT2D eigenvalue weighted by Crippen LogP contribution is -2.44. The van der Waals surface area contributed by atoms with Crippen LogP contribution in [0.3, 0.4) is 0 Å². The summed E-state index contributed by atoms with van der Waals surface area (Å²) in [5, 5.41) is 5.33. The van der Waals surface area contributed by atoms with Crippen molar-refractivity contribution in [2.24, 2.45) is 7.05 Å². The fourth-order valence-electron chi connectivity index (χ4n) is 4.57. The Bertz CT molecular complexity index is 1420. The summed E-state index contributed by atoms with van der Waals surface area (Å²) in [5.41, 5.74) is 3.23. The second kappa shape index (κ2) is 9.68. The van der Waals surface area contributed by atoms with Gasteiger partial charge in [0.15, 0.2) is 0 Å². The van der Waals surface area contributed by atoms with Gasteiger partial charge in [-0.05, 0) is 29.8 Å². The van der Waals surface area contributed by atoms with Gasteiger partial charge in [-0.15, -0.1) is 0 Å². The van der Waals surface area contributed by atoms with E-state index in [0.717, 1.165) is 27.1 Å². The van der Waals surface area contributed by atoms with Crippen LogP contribution in [0.25, 0.3) is 10.9 Å². The molecule has 1 atom stereocenters. The molecule has 0 fully saturated rings. The van der Waals surface area contributed by atoms with E-state index in [1.807, 2.05) is 61.6 Å². The molecular formula is C27H24ClN3O3S. The molecule has 3 aromatic carbocycles. The van der Waals surface area contributed by atoms with Crippen molar-refractivity contribution >= 4 is 51.8 Å². The van der Waals surface area contributed by atoms with Crippen LogP contribution in [-0.2, 0) is 23.2 Å². The molecule has 0 radical (unpaired) electrons. The molecule has 1 aromatic heterocycles. The number of nitrogens with zero attached hydrogens (tertiary/aromatic N) is 2. The van der Waals surface area contributed by atoms with Gasteiger partial charge in [0, 0.05) is 35.1 Å². The number of para-hydroxylation sites is 1. The van der Waals surface area contributed by atoms with Crippen molar-refractivity contribution < 1.29 is 14.3 Å². The summed E-state index contributed by atoms with van der Waals surface area (Å²) in [6, 6.07) is 21.8. The van der Waals surface area contributed by atoms with E-state index in [4.69, 9.17) is 16.3 Å². The molecule has 1 unspecified atom stereocenters. The number of ether oxygens (including phenoxy) is 1. The van der Waals surface area contributed by atoms with E-state index in [9.17, 15) is 9.59 Å². The largest absolute Gasteiger partial charge is 0.495 e. The van der Waals surface area contributed by atoms with Gasteiger partial charge in [-0.1, -0.05) is 71.9 Å². The van der Waals surface area contributed by atoms with Gasteiger partial charge in [0.25, 0.3) is 0 Å². The van der Waals surface area contributed by atoms with Crippen LogP contribution in [0.5, 0.6) is 5.75 Å². The minimum atomic E-state index is -0.908. The second-order valence-electron chi connectivity index (χ2n) is 8.27. The Morgan fingerprint density at radius 1 is 1.11 bits per heavy atom. The highest BCUT2D eigenvalue weighted by Crippen LogP contribution is 2.45. The Labute approximate surface area is 212 Å². The molecule has 35 heavy (non-hydrogen) atoms. The average Bonchev–Trinajstić information content (AvgIpc) is 3.05. The molecular weight excluding hydrogens is 482 g/mol. The molecule has 6 nitrogen and oxygen atoms in total. The molecule has 8 heteroatoms. The number of carbonyl (C=O) groups is 2. The van der Waals surface area contributed by atoms with Gasteiger partial charge in [0.2, 0.25) is 11.8 Å². The van der Waals surface area contributed by atoms with Gasteiger partial charge < -0.3 is 14.6 Å². The molecule has 0 spiro atoms. The molecule has 4 aromatic rings. The maximum Gasteiger partial charge on any atom is 0.248 e. The average molecular weight is 506 g/mol. The zero-order valence-electron chi connectivity index (χ0n) is 19.3. The summed E-state index contributed by atoms with van der Waals surface area (Å²) >= 11 is 7.79. The quantitative estimate of drug-likeness (QED) is 0.398. The zero-order valence-corrected chi connectivity index (χ0v) is 20.9. The van der Waals surface area contributed by atoms with Crippen LogP contribution in [0.4, 0.5) is 5.69 Å². The molecule has 5 rings (SSSR count). The molecule has 0 bridgehead atoms. The summed E-state index contributed by atoms with van der Waals surface area (Å²) < 4.78 is 7.64. The monoisotopic (exact) mass is 505 g/mol. The number of rotatable bonds is 5. The third-order valence-corrected chi connectivity index (χ3v) is 7.58. The maximum absolute atomic E-state index is 14.0. The van der Waals surface area contributed by atoms with E-state index in [1.165, 1.54) is 23.8 Å². The first-order valence-corrected chi connectivity index (χ1v) is 12.5. The summed E-state index contributed by atoms with van der Waals surface area (Å²) in [7, 11) is 3.50. The predicted octanol–water partition coefficient (Wildman–Crippen LogP) is 5.34. The minimum absolute atomic E-state index is 0.176. The van der Waals surface area contributed by atoms with Crippen LogP contribution >= 0.6 is 23.4 Å². The summed E-state index contributed by atoms with van der Waals surface area (Å²) in [4.78, 5) is 29.1. The number of hydrogen-bond acceptors (Lipinski definition) is 4. The van der Waals surface area contributed by atoms with Crippen LogP contribution in [0.2, 0.25) is 5.02 Å². The minimum Gasteiger partial charge on any atom is -0.495 e. The Hall–Kier alpha value is -3.42. The van der Waals surface area contributed by atoms with Crippen molar-refractivity contribution in [1.82, 2.24) is 9.88 Å². The molecule has 0 saturated heterocycles. The van der Waals surface area contributed by atoms with Crippen molar-refractivity contribution in [3.8, 4) is 5.75 Å². The fraction of sp³-hybridized carbons (Fsp3) is 0.185. The Morgan fingerprint density at radius 3 is 2.63 bits per heavy atom. The number of benzene rings is 3. The van der Waals surface area contributed by atoms with E-state index in [-0.39, 0.29) is 17.6 Å². The van der Waals surface area contributed by atoms with Crippen LogP contribution in [0, 0.1) is 0 Å². The summed E-state index contributed by atoms with van der Waals surface area (Å²) in [5.74, 6) is 0.173. The first-order valence-electron chi connectivity index (χ1n) is 11.2. The number of thioether (sulfide) groups is 1. The SMILES string of the molecule is COc1ccc(Cl)cc1N1C(=O)CSc2c(c3ccccc3n2C)C1C(=O)NCc1ccccc1. The van der Waals surface area contributed by atoms with E-state index in [0.29, 0.717) is 23.0 Å². The topological polar surface area (TPSA) is 63.6 Å². The molecule has 1 aliphatic heterocycles. The Balaban J connectivity index is 1.69. The Morgan fingerprint density at radius 2 is 1.86 bits per heavy atom. The van der Waals surface area contributed by atoms with Gasteiger partial charge in [-0.25, -0.2) is 0 Å². The van der Waals surface area contributed by atoms with Gasteiger partial charge in [-0.2, -0.15) is 0 Å². The second-order valence-corrected chi connectivity index (χ2v) is 9.67. The lowest BCUT2D eigenvalue weighted by molar-refractivity contribution is -0.125. The Kier molecular flexibility index (Phi) is 6.45. The molecule has 1 aliphatic rings. The molecule has 1 N–H and O–H groups in total. The number of aryl methyl sites for hydroxylation is 1. The highest BCUT2D eigenvalue weighted by atomic mass is 35.5.